The molecule has 1 fully saturated rings. The Bertz CT molecular complexity index is 370. The number of benzene rings is 1. The summed E-state index contributed by atoms with van der Waals surface area (Å²) >= 11 is 0. The number of nitrogens with two attached hydrogens (primary N) is 1. The average Bonchev–Trinajstić information content (AvgIpc) is 2.49. The summed E-state index contributed by atoms with van der Waals surface area (Å²) in [5, 5.41) is 3.40. The van der Waals surface area contributed by atoms with Crippen molar-refractivity contribution in [3.05, 3.63) is 29.8 Å². The van der Waals surface area contributed by atoms with Crippen LogP contribution >= 0.6 is 12.4 Å². The Hall–Kier alpha value is -0.770. The van der Waals surface area contributed by atoms with Gasteiger partial charge < -0.3 is 16.0 Å². The minimum Gasteiger partial charge on any atom is -0.372 e. The van der Waals surface area contributed by atoms with Crippen molar-refractivity contribution in [3.63, 3.8) is 0 Å². The smallest absolute Gasteiger partial charge is 0.0366 e. The summed E-state index contributed by atoms with van der Waals surface area (Å²) in [5.74, 6) is 0.626. The van der Waals surface area contributed by atoms with E-state index in [1.54, 1.807) is 0 Å². The van der Waals surface area contributed by atoms with Crippen molar-refractivity contribution in [3.8, 4) is 0 Å². The van der Waals surface area contributed by atoms with Crippen LogP contribution in [0.5, 0.6) is 0 Å². The minimum atomic E-state index is 0. The first-order valence-corrected chi connectivity index (χ1v) is 7.57. The molecule has 114 valence electrons. The Morgan fingerprint density at radius 3 is 2.20 bits per heavy atom. The molecule has 1 aliphatic heterocycles. The summed E-state index contributed by atoms with van der Waals surface area (Å²) in [5.41, 5.74) is 9.00. The van der Waals surface area contributed by atoms with Gasteiger partial charge in [0.05, 0.1) is 0 Å². The van der Waals surface area contributed by atoms with Crippen LogP contribution in [-0.4, -0.2) is 26.2 Å². The predicted molar refractivity (Wildman–Crippen MR) is 89.8 cm³/mol. The lowest BCUT2D eigenvalue weighted by Gasteiger charge is -2.29. The molecule has 1 aromatic carbocycles. The molecule has 1 atom stereocenters. The standard InChI is InChI=1S/C16H27N3.ClH/c1-3-19(4-2)15-7-5-13(6-8-15)16(17)14-9-11-18-12-10-14;/h5-8,14,16,18H,3-4,9-12,17H2,1-2H3;1H/t16-;/m0./s1. The highest BCUT2D eigenvalue weighted by Gasteiger charge is 2.21. The molecule has 3 nitrogen and oxygen atoms in total. The fourth-order valence-corrected chi connectivity index (χ4v) is 2.97. The van der Waals surface area contributed by atoms with Crippen LogP contribution in [0.25, 0.3) is 0 Å². The summed E-state index contributed by atoms with van der Waals surface area (Å²) in [6, 6.07) is 9.03. The lowest BCUT2D eigenvalue weighted by Crippen LogP contribution is -2.33. The number of hydrogen-bond donors (Lipinski definition) is 2. The number of rotatable bonds is 5. The zero-order valence-corrected chi connectivity index (χ0v) is 13.5. The highest BCUT2D eigenvalue weighted by molar-refractivity contribution is 5.85. The number of nitrogens with zero attached hydrogens (tertiary/aromatic N) is 1. The van der Waals surface area contributed by atoms with Crippen molar-refractivity contribution in [2.75, 3.05) is 31.1 Å². The quantitative estimate of drug-likeness (QED) is 0.878. The zero-order valence-electron chi connectivity index (χ0n) is 12.6. The van der Waals surface area contributed by atoms with Gasteiger partial charge in [0, 0.05) is 24.8 Å². The number of anilines is 1. The van der Waals surface area contributed by atoms with Crippen molar-refractivity contribution in [1.82, 2.24) is 5.32 Å². The molecule has 4 heteroatoms. The van der Waals surface area contributed by atoms with Crippen LogP contribution in [0.2, 0.25) is 0 Å². The largest absolute Gasteiger partial charge is 0.372 e. The Morgan fingerprint density at radius 1 is 1.15 bits per heavy atom. The van der Waals surface area contributed by atoms with Crippen LogP contribution in [0.3, 0.4) is 0 Å². The summed E-state index contributed by atoms with van der Waals surface area (Å²) in [6.45, 7) is 8.70. The maximum Gasteiger partial charge on any atom is 0.0366 e. The second-order valence-electron chi connectivity index (χ2n) is 5.38. The highest BCUT2D eigenvalue weighted by Crippen LogP contribution is 2.28. The van der Waals surface area contributed by atoms with Gasteiger partial charge in [-0.3, -0.25) is 0 Å². The molecule has 0 unspecified atom stereocenters. The monoisotopic (exact) mass is 297 g/mol. The van der Waals surface area contributed by atoms with E-state index in [0.29, 0.717) is 5.92 Å². The van der Waals surface area contributed by atoms with Crippen molar-refractivity contribution < 1.29 is 0 Å². The molecule has 0 aromatic heterocycles. The number of piperidine rings is 1. The molecule has 0 radical (unpaired) electrons. The molecule has 0 saturated carbocycles. The van der Waals surface area contributed by atoms with Gasteiger partial charge in [-0.2, -0.15) is 0 Å². The third-order valence-electron chi connectivity index (χ3n) is 4.30. The van der Waals surface area contributed by atoms with Crippen LogP contribution in [0.15, 0.2) is 24.3 Å². The van der Waals surface area contributed by atoms with E-state index in [9.17, 15) is 0 Å². The van der Waals surface area contributed by atoms with Crippen LogP contribution in [0, 0.1) is 5.92 Å². The molecule has 20 heavy (non-hydrogen) atoms. The summed E-state index contributed by atoms with van der Waals surface area (Å²) in [7, 11) is 0. The average molecular weight is 298 g/mol. The fraction of sp³-hybridized carbons (Fsp3) is 0.625. The second-order valence-corrected chi connectivity index (χ2v) is 5.38. The Labute approximate surface area is 129 Å². The Kier molecular flexibility index (Phi) is 7.35. The molecule has 0 bridgehead atoms. The van der Waals surface area contributed by atoms with Gasteiger partial charge >= 0.3 is 0 Å². The van der Waals surface area contributed by atoms with E-state index < -0.39 is 0 Å². The van der Waals surface area contributed by atoms with Crippen molar-refractivity contribution in [2.24, 2.45) is 11.7 Å². The predicted octanol–water partition coefficient (Wildman–Crippen LogP) is 2.95. The molecule has 2 rings (SSSR count). The van der Waals surface area contributed by atoms with E-state index in [2.05, 4.69) is 48.3 Å². The summed E-state index contributed by atoms with van der Waals surface area (Å²) in [4.78, 5) is 2.36. The molecular formula is C16H28ClN3. The Balaban J connectivity index is 0.00000200. The highest BCUT2D eigenvalue weighted by atomic mass is 35.5. The third-order valence-corrected chi connectivity index (χ3v) is 4.30. The third kappa shape index (κ3) is 4.11. The van der Waals surface area contributed by atoms with Crippen molar-refractivity contribution in [2.45, 2.75) is 32.7 Å². The maximum absolute atomic E-state index is 6.42. The van der Waals surface area contributed by atoms with E-state index in [4.69, 9.17) is 5.73 Å². The van der Waals surface area contributed by atoms with E-state index in [-0.39, 0.29) is 18.4 Å². The molecular weight excluding hydrogens is 270 g/mol. The van der Waals surface area contributed by atoms with E-state index >= 15 is 0 Å². The second kappa shape index (κ2) is 8.50. The molecule has 0 spiro atoms. The van der Waals surface area contributed by atoms with Crippen LogP contribution in [0.1, 0.15) is 38.3 Å². The van der Waals surface area contributed by atoms with Crippen LogP contribution in [-0.2, 0) is 0 Å². The van der Waals surface area contributed by atoms with E-state index in [1.807, 2.05) is 0 Å². The number of halogens is 1. The normalized spacial score (nSPS) is 17.4. The fourth-order valence-electron chi connectivity index (χ4n) is 2.97. The molecule has 1 heterocycles. The van der Waals surface area contributed by atoms with Crippen LogP contribution < -0.4 is 16.0 Å². The molecule has 1 aliphatic rings. The first kappa shape index (κ1) is 17.3. The zero-order chi connectivity index (χ0) is 13.7. The minimum absolute atomic E-state index is 0. The lowest BCUT2D eigenvalue weighted by atomic mass is 9.86. The van der Waals surface area contributed by atoms with Gasteiger partial charge in [0.1, 0.15) is 0 Å². The van der Waals surface area contributed by atoms with Crippen molar-refractivity contribution >= 4 is 18.1 Å². The molecule has 1 aromatic rings. The van der Waals surface area contributed by atoms with Crippen molar-refractivity contribution in [1.29, 1.82) is 0 Å². The molecule has 0 amide bonds. The van der Waals surface area contributed by atoms with E-state index in [1.165, 1.54) is 24.1 Å². The van der Waals surface area contributed by atoms with Gasteiger partial charge in [0.15, 0.2) is 0 Å². The first-order chi connectivity index (χ1) is 9.26. The molecule has 3 N–H and O–H groups in total. The number of nitrogens with one attached hydrogen (secondary N) is 1. The molecule has 0 aliphatic carbocycles. The summed E-state index contributed by atoms with van der Waals surface area (Å²) < 4.78 is 0. The van der Waals surface area contributed by atoms with Gasteiger partial charge in [0.2, 0.25) is 0 Å². The summed E-state index contributed by atoms with van der Waals surface area (Å²) in [6.07, 6.45) is 2.39. The van der Waals surface area contributed by atoms with E-state index in [0.717, 1.165) is 26.2 Å². The van der Waals surface area contributed by atoms with Gasteiger partial charge in [-0.15, -0.1) is 12.4 Å². The lowest BCUT2D eigenvalue weighted by molar-refractivity contribution is 0.322. The van der Waals surface area contributed by atoms with Gasteiger partial charge in [-0.1, -0.05) is 12.1 Å². The maximum atomic E-state index is 6.42. The van der Waals surface area contributed by atoms with Gasteiger partial charge in [-0.05, 0) is 63.4 Å². The Morgan fingerprint density at radius 2 is 1.70 bits per heavy atom. The van der Waals surface area contributed by atoms with Gasteiger partial charge in [0.25, 0.3) is 0 Å². The molecule has 1 saturated heterocycles. The van der Waals surface area contributed by atoms with Crippen LogP contribution in [0.4, 0.5) is 5.69 Å². The SMILES string of the molecule is CCN(CC)c1ccc([C@H](N)C2CCNCC2)cc1.Cl. The first-order valence-electron chi connectivity index (χ1n) is 7.57. The number of hydrogen-bond acceptors (Lipinski definition) is 3. The topological polar surface area (TPSA) is 41.3 Å². The van der Waals surface area contributed by atoms with Gasteiger partial charge in [-0.25, -0.2) is 0 Å².